The third-order valence-electron chi connectivity index (χ3n) is 8.08. The molecule has 0 unspecified atom stereocenters. The summed E-state index contributed by atoms with van der Waals surface area (Å²) in [6.07, 6.45) is 6.99. The number of carbonyl (C=O) groups is 2. The van der Waals surface area contributed by atoms with Crippen LogP contribution in [0.5, 0.6) is 0 Å². The molecule has 0 bridgehead atoms. The maximum absolute atomic E-state index is 14.2. The van der Waals surface area contributed by atoms with Gasteiger partial charge in [-0.05, 0) is 75.4 Å². The van der Waals surface area contributed by atoms with E-state index in [9.17, 15) is 19.2 Å². The van der Waals surface area contributed by atoms with Gasteiger partial charge in [-0.15, -0.1) is 0 Å². The highest BCUT2D eigenvalue weighted by molar-refractivity contribution is 5.98. The Kier molecular flexibility index (Phi) is 8.41. The first-order valence-corrected chi connectivity index (χ1v) is 15.3. The number of nitriles is 1. The lowest BCUT2D eigenvalue weighted by atomic mass is 10.0. The number of ether oxygens (including phenoxy) is 1. The van der Waals surface area contributed by atoms with E-state index in [4.69, 9.17) is 9.72 Å². The smallest absolute Gasteiger partial charge is 0.410 e. The SMILES string of the molecule is CC(C)(C)OC(=O)N1CCC(n2cc(Nc3nccc(-c4cc(C#N)c5c(c4)CCN5C(=O)Cc4ccccc4F)n3)cn2)CC1. The summed E-state index contributed by atoms with van der Waals surface area (Å²) in [6, 6.07) is 14.1. The van der Waals surface area contributed by atoms with Crippen LogP contribution >= 0.6 is 0 Å². The van der Waals surface area contributed by atoms with Crippen LogP contribution in [0.15, 0.2) is 61.1 Å². The molecule has 2 aromatic heterocycles. The third kappa shape index (κ3) is 6.68. The Morgan fingerprint density at radius 3 is 2.65 bits per heavy atom. The Morgan fingerprint density at radius 1 is 1.13 bits per heavy atom. The summed E-state index contributed by atoms with van der Waals surface area (Å²) in [5.41, 5.74) is 3.67. The number of anilines is 3. The summed E-state index contributed by atoms with van der Waals surface area (Å²) < 4.78 is 21.6. The van der Waals surface area contributed by atoms with Crippen LogP contribution in [0.4, 0.5) is 26.5 Å². The number of hydrogen-bond donors (Lipinski definition) is 1. The molecule has 2 aliphatic rings. The maximum atomic E-state index is 14.2. The highest BCUT2D eigenvalue weighted by Gasteiger charge is 2.30. The number of benzene rings is 2. The van der Waals surface area contributed by atoms with Crippen molar-refractivity contribution < 1.29 is 18.7 Å². The summed E-state index contributed by atoms with van der Waals surface area (Å²) in [5.74, 6) is -0.305. The highest BCUT2D eigenvalue weighted by atomic mass is 19.1. The number of halogens is 1. The molecular formula is C34H35FN8O3. The standard InChI is InChI=1S/C34H35FN8O3/c1-34(2,3)46-33(45)41-13-10-27(11-14-41)43-21-26(20-38-43)39-32-37-12-8-29(40-32)24-16-23-9-15-42(31(23)25(17-24)19-36)30(44)18-22-6-4-5-7-28(22)35/h4-8,12,16-17,20-21,27H,9-11,13-15,18H2,1-3H3,(H,37,39,40). The van der Waals surface area contributed by atoms with E-state index >= 15 is 0 Å². The van der Waals surface area contributed by atoms with Gasteiger partial charge in [0.1, 0.15) is 17.5 Å². The largest absolute Gasteiger partial charge is 0.444 e. The number of rotatable bonds is 6. The summed E-state index contributed by atoms with van der Waals surface area (Å²) in [6.45, 7) is 7.19. The summed E-state index contributed by atoms with van der Waals surface area (Å²) in [5, 5.41) is 17.8. The number of carbonyl (C=O) groups excluding carboxylic acids is 2. The van der Waals surface area contributed by atoms with Crippen molar-refractivity contribution in [2.75, 3.05) is 29.9 Å². The average Bonchev–Trinajstić information content (AvgIpc) is 3.69. The number of amides is 2. The van der Waals surface area contributed by atoms with E-state index < -0.39 is 11.4 Å². The lowest BCUT2D eigenvalue weighted by Gasteiger charge is -2.33. The summed E-state index contributed by atoms with van der Waals surface area (Å²) >= 11 is 0. The Hall–Kier alpha value is -5.31. The molecule has 236 valence electrons. The van der Waals surface area contributed by atoms with Crippen molar-refractivity contribution >= 4 is 29.3 Å². The van der Waals surface area contributed by atoms with Gasteiger partial charge in [0.05, 0.1) is 41.3 Å². The maximum Gasteiger partial charge on any atom is 0.410 e. The Bertz CT molecular complexity index is 1820. The molecule has 0 radical (unpaired) electrons. The van der Waals surface area contributed by atoms with Gasteiger partial charge in [0.15, 0.2) is 0 Å². The molecule has 6 rings (SSSR count). The lowest BCUT2D eigenvalue weighted by molar-refractivity contribution is -0.117. The third-order valence-corrected chi connectivity index (χ3v) is 8.08. The van der Waals surface area contributed by atoms with Gasteiger partial charge in [0.2, 0.25) is 11.9 Å². The van der Waals surface area contributed by atoms with E-state index in [1.165, 1.54) is 6.07 Å². The average molecular weight is 623 g/mol. The first kappa shape index (κ1) is 30.7. The van der Waals surface area contributed by atoms with Gasteiger partial charge < -0.3 is 19.9 Å². The minimum Gasteiger partial charge on any atom is -0.444 e. The van der Waals surface area contributed by atoms with Gasteiger partial charge >= 0.3 is 6.09 Å². The molecule has 0 aliphatic carbocycles. The number of nitrogens with one attached hydrogen (secondary N) is 1. The fraction of sp³-hybridized carbons (Fsp3) is 0.353. The van der Waals surface area contributed by atoms with Crippen molar-refractivity contribution in [1.82, 2.24) is 24.6 Å². The molecule has 0 atom stereocenters. The molecular weight excluding hydrogens is 587 g/mol. The number of hydrogen-bond acceptors (Lipinski definition) is 8. The van der Waals surface area contributed by atoms with Crippen LogP contribution in [-0.2, 0) is 22.4 Å². The van der Waals surface area contributed by atoms with Crippen LogP contribution in [0.1, 0.15) is 56.3 Å². The topological polar surface area (TPSA) is 129 Å². The van der Waals surface area contributed by atoms with E-state index in [1.54, 1.807) is 52.5 Å². The van der Waals surface area contributed by atoms with Crippen molar-refractivity contribution in [2.45, 2.75) is 58.1 Å². The number of aromatic nitrogens is 4. The minimum absolute atomic E-state index is 0.0818. The van der Waals surface area contributed by atoms with Gasteiger partial charge in [0, 0.05) is 37.6 Å². The normalized spacial score (nSPS) is 14.9. The fourth-order valence-electron chi connectivity index (χ4n) is 5.88. The fourth-order valence-corrected chi connectivity index (χ4v) is 5.88. The molecule has 1 saturated heterocycles. The molecule has 46 heavy (non-hydrogen) atoms. The van der Waals surface area contributed by atoms with E-state index in [2.05, 4.69) is 21.5 Å². The molecule has 1 fully saturated rings. The number of fused-ring (bicyclic) bond motifs is 1. The van der Waals surface area contributed by atoms with Crippen molar-refractivity contribution in [3.05, 3.63) is 83.6 Å². The van der Waals surface area contributed by atoms with Crippen LogP contribution < -0.4 is 10.2 Å². The van der Waals surface area contributed by atoms with Gasteiger partial charge in [-0.3, -0.25) is 9.48 Å². The number of nitrogens with zero attached hydrogens (tertiary/aromatic N) is 7. The van der Waals surface area contributed by atoms with Gasteiger partial charge in [0.25, 0.3) is 0 Å². The molecule has 0 spiro atoms. The zero-order valence-electron chi connectivity index (χ0n) is 26.0. The Morgan fingerprint density at radius 2 is 1.91 bits per heavy atom. The highest BCUT2D eigenvalue weighted by Crippen LogP contribution is 2.36. The first-order chi connectivity index (χ1) is 22.1. The predicted octanol–water partition coefficient (Wildman–Crippen LogP) is 5.80. The molecule has 1 N–H and O–H groups in total. The van der Waals surface area contributed by atoms with E-state index in [1.807, 2.05) is 37.7 Å². The molecule has 2 aliphatic heterocycles. The van der Waals surface area contributed by atoms with E-state index in [0.717, 1.165) is 29.7 Å². The Balaban J connectivity index is 1.13. The van der Waals surface area contributed by atoms with Crippen LogP contribution in [0, 0.1) is 17.1 Å². The first-order valence-electron chi connectivity index (χ1n) is 15.3. The number of likely N-dealkylation sites (tertiary alicyclic amines) is 1. The second-order valence-electron chi connectivity index (χ2n) is 12.5. The molecule has 2 aromatic carbocycles. The molecule has 12 heteroatoms. The summed E-state index contributed by atoms with van der Waals surface area (Å²) in [4.78, 5) is 37.9. The predicted molar refractivity (Wildman–Crippen MR) is 170 cm³/mol. The zero-order chi connectivity index (χ0) is 32.4. The van der Waals surface area contributed by atoms with E-state index in [0.29, 0.717) is 54.5 Å². The lowest BCUT2D eigenvalue weighted by Crippen LogP contribution is -2.42. The van der Waals surface area contributed by atoms with Crippen LogP contribution in [0.2, 0.25) is 0 Å². The minimum atomic E-state index is -0.526. The van der Waals surface area contributed by atoms with Crippen molar-refractivity contribution in [2.24, 2.45) is 0 Å². The molecule has 2 amide bonds. The van der Waals surface area contributed by atoms with Gasteiger partial charge in [-0.1, -0.05) is 18.2 Å². The Labute approximate surface area is 266 Å². The second-order valence-corrected chi connectivity index (χ2v) is 12.5. The second kappa shape index (κ2) is 12.6. The van der Waals surface area contributed by atoms with E-state index in [-0.39, 0.29) is 24.5 Å². The summed E-state index contributed by atoms with van der Waals surface area (Å²) in [7, 11) is 0. The number of piperidine rings is 1. The molecule has 11 nitrogen and oxygen atoms in total. The van der Waals surface area contributed by atoms with Gasteiger partial charge in [-0.2, -0.15) is 10.4 Å². The monoisotopic (exact) mass is 622 g/mol. The zero-order valence-corrected chi connectivity index (χ0v) is 26.0. The van der Waals surface area contributed by atoms with Crippen LogP contribution in [-0.4, -0.2) is 61.9 Å². The van der Waals surface area contributed by atoms with Crippen molar-refractivity contribution in [3.63, 3.8) is 0 Å². The molecule has 4 aromatic rings. The van der Waals surface area contributed by atoms with Gasteiger partial charge in [-0.25, -0.2) is 19.2 Å². The van der Waals surface area contributed by atoms with Crippen molar-refractivity contribution in [3.8, 4) is 17.3 Å². The molecule has 4 heterocycles. The quantitative estimate of drug-likeness (QED) is 0.286. The van der Waals surface area contributed by atoms with Crippen LogP contribution in [0.3, 0.4) is 0 Å². The van der Waals surface area contributed by atoms with Crippen molar-refractivity contribution in [1.29, 1.82) is 5.26 Å². The molecule has 0 saturated carbocycles. The van der Waals surface area contributed by atoms with Crippen LogP contribution in [0.25, 0.3) is 11.3 Å².